The van der Waals surface area contributed by atoms with E-state index in [2.05, 4.69) is 5.32 Å². The van der Waals surface area contributed by atoms with Crippen LogP contribution in [0.4, 0.5) is 0 Å². The van der Waals surface area contributed by atoms with Gasteiger partial charge in [-0.15, -0.1) is 0 Å². The van der Waals surface area contributed by atoms with Gasteiger partial charge in [0.1, 0.15) is 6.04 Å². The zero-order valence-corrected chi connectivity index (χ0v) is 11.9. The molecule has 1 aromatic rings. The van der Waals surface area contributed by atoms with Gasteiger partial charge in [-0.25, -0.2) is 0 Å². The van der Waals surface area contributed by atoms with Gasteiger partial charge in [0.25, 0.3) is 0 Å². The maximum Gasteiger partial charge on any atom is 0.239 e. The van der Waals surface area contributed by atoms with Crippen molar-refractivity contribution in [3.8, 4) is 0 Å². The average Bonchev–Trinajstić information content (AvgIpc) is 2.80. The first-order chi connectivity index (χ1) is 9.06. The zero-order valence-electron chi connectivity index (χ0n) is 10.4. The fourth-order valence-corrected chi connectivity index (χ4v) is 2.72. The lowest BCUT2D eigenvalue weighted by atomic mass is 10.1. The number of amides is 1. The van der Waals surface area contributed by atoms with E-state index in [9.17, 15) is 4.79 Å². The minimum atomic E-state index is -0.611. The first-order valence-corrected chi connectivity index (χ1v) is 6.92. The van der Waals surface area contributed by atoms with Gasteiger partial charge in [-0.2, -0.15) is 0 Å². The van der Waals surface area contributed by atoms with Crippen molar-refractivity contribution in [3.63, 3.8) is 0 Å². The van der Waals surface area contributed by atoms with E-state index in [1.807, 2.05) is 0 Å². The molecule has 104 valence electrons. The molecule has 6 heteroatoms. The molecule has 2 unspecified atom stereocenters. The highest BCUT2D eigenvalue weighted by atomic mass is 35.5. The first-order valence-electron chi connectivity index (χ1n) is 6.16. The molecule has 19 heavy (non-hydrogen) atoms. The van der Waals surface area contributed by atoms with E-state index >= 15 is 0 Å². The molecule has 1 saturated heterocycles. The summed E-state index contributed by atoms with van der Waals surface area (Å²) in [7, 11) is 0. The van der Waals surface area contributed by atoms with E-state index in [0.29, 0.717) is 22.2 Å². The van der Waals surface area contributed by atoms with E-state index in [1.54, 1.807) is 18.2 Å². The Labute approximate surface area is 122 Å². The second kappa shape index (κ2) is 6.57. The van der Waals surface area contributed by atoms with Gasteiger partial charge in [-0.1, -0.05) is 23.2 Å². The Balaban J connectivity index is 2.07. The van der Waals surface area contributed by atoms with Crippen LogP contribution in [0, 0.1) is 0 Å². The van der Waals surface area contributed by atoms with E-state index in [0.717, 1.165) is 19.4 Å². The van der Waals surface area contributed by atoms with Crippen molar-refractivity contribution in [3.05, 3.63) is 33.8 Å². The molecule has 1 aromatic carbocycles. The van der Waals surface area contributed by atoms with Gasteiger partial charge < -0.3 is 10.5 Å². The molecular formula is C13H16Cl2N2O2. The number of hydrogen-bond acceptors (Lipinski definition) is 3. The predicted molar refractivity (Wildman–Crippen MR) is 75.4 cm³/mol. The van der Waals surface area contributed by atoms with Crippen molar-refractivity contribution in [2.75, 3.05) is 13.2 Å². The van der Waals surface area contributed by atoms with Gasteiger partial charge in [-0.3, -0.25) is 10.1 Å². The Morgan fingerprint density at radius 1 is 1.42 bits per heavy atom. The molecule has 1 heterocycles. The number of rotatable bonds is 5. The number of primary amides is 1. The molecule has 0 saturated carbocycles. The maximum atomic E-state index is 11.6. The second-order valence-corrected chi connectivity index (χ2v) is 5.45. The first kappa shape index (κ1) is 14.6. The van der Waals surface area contributed by atoms with Crippen LogP contribution in [0.1, 0.15) is 24.4 Å². The fourth-order valence-electron chi connectivity index (χ4n) is 2.18. The van der Waals surface area contributed by atoms with Gasteiger partial charge >= 0.3 is 0 Å². The highest BCUT2D eigenvalue weighted by molar-refractivity contribution is 6.34. The number of benzene rings is 1. The lowest BCUT2D eigenvalue weighted by Gasteiger charge is -2.19. The molecule has 0 radical (unpaired) electrons. The minimum Gasteiger partial charge on any atom is -0.377 e. The molecule has 4 nitrogen and oxygen atoms in total. The summed E-state index contributed by atoms with van der Waals surface area (Å²) >= 11 is 11.9. The summed E-state index contributed by atoms with van der Waals surface area (Å²) in [5.74, 6) is -0.462. The summed E-state index contributed by atoms with van der Waals surface area (Å²) in [5, 5.41) is 4.07. The Bertz CT molecular complexity index is 442. The third-order valence-electron chi connectivity index (χ3n) is 3.08. The van der Waals surface area contributed by atoms with Crippen LogP contribution < -0.4 is 11.1 Å². The molecule has 0 spiro atoms. The monoisotopic (exact) mass is 302 g/mol. The van der Waals surface area contributed by atoms with Crippen molar-refractivity contribution >= 4 is 29.1 Å². The number of carbonyl (C=O) groups excluding carboxylic acids is 1. The quantitative estimate of drug-likeness (QED) is 0.877. The van der Waals surface area contributed by atoms with Crippen LogP contribution in [0.15, 0.2) is 18.2 Å². The van der Waals surface area contributed by atoms with Gasteiger partial charge in [0, 0.05) is 23.2 Å². The minimum absolute atomic E-state index is 0.136. The molecule has 3 N–H and O–H groups in total. The number of ether oxygens (including phenoxy) is 1. The average molecular weight is 303 g/mol. The summed E-state index contributed by atoms with van der Waals surface area (Å²) in [6.45, 7) is 1.36. The van der Waals surface area contributed by atoms with Crippen LogP contribution in [0.3, 0.4) is 0 Å². The molecule has 0 aliphatic carbocycles. The molecule has 1 aliphatic rings. The lowest BCUT2D eigenvalue weighted by molar-refractivity contribution is -0.120. The van der Waals surface area contributed by atoms with Crippen molar-refractivity contribution in [2.45, 2.75) is 25.0 Å². The lowest BCUT2D eigenvalue weighted by Crippen LogP contribution is -2.37. The largest absolute Gasteiger partial charge is 0.377 e. The molecule has 0 bridgehead atoms. The Morgan fingerprint density at radius 3 is 2.63 bits per heavy atom. The summed E-state index contributed by atoms with van der Waals surface area (Å²) < 4.78 is 5.50. The van der Waals surface area contributed by atoms with Crippen LogP contribution in [-0.4, -0.2) is 25.2 Å². The number of nitrogens with one attached hydrogen (secondary N) is 1. The van der Waals surface area contributed by atoms with Gasteiger partial charge in [0.2, 0.25) is 5.91 Å². The molecule has 2 atom stereocenters. The van der Waals surface area contributed by atoms with Gasteiger partial charge in [0.05, 0.1) is 6.10 Å². The summed E-state index contributed by atoms with van der Waals surface area (Å²) in [5.41, 5.74) is 6.09. The Hall–Kier alpha value is -0.810. The maximum absolute atomic E-state index is 11.6. The summed E-state index contributed by atoms with van der Waals surface area (Å²) in [6.07, 6.45) is 2.18. The number of halogens is 2. The highest BCUT2D eigenvalue weighted by Crippen LogP contribution is 2.24. The molecule has 1 amide bonds. The van der Waals surface area contributed by atoms with Gasteiger partial charge in [0.15, 0.2) is 0 Å². The predicted octanol–water partition coefficient (Wildman–Crippen LogP) is 2.29. The third-order valence-corrected chi connectivity index (χ3v) is 3.51. The van der Waals surface area contributed by atoms with Crippen LogP contribution in [0.5, 0.6) is 0 Å². The van der Waals surface area contributed by atoms with Gasteiger partial charge in [-0.05, 0) is 36.6 Å². The molecule has 1 aliphatic heterocycles. The molecule has 0 aromatic heterocycles. The second-order valence-electron chi connectivity index (χ2n) is 4.58. The van der Waals surface area contributed by atoms with Crippen LogP contribution >= 0.6 is 23.2 Å². The fraction of sp³-hybridized carbons (Fsp3) is 0.462. The van der Waals surface area contributed by atoms with E-state index in [4.69, 9.17) is 33.7 Å². The van der Waals surface area contributed by atoms with Crippen LogP contribution in [0.25, 0.3) is 0 Å². The van der Waals surface area contributed by atoms with Crippen LogP contribution in [-0.2, 0) is 9.53 Å². The number of carbonyl (C=O) groups is 1. The van der Waals surface area contributed by atoms with E-state index in [-0.39, 0.29) is 6.10 Å². The third kappa shape index (κ3) is 4.08. The Kier molecular flexibility index (Phi) is 5.05. The summed E-state index contributed by atoms with van der Waals surface area (Å²) in [6, 6.07) is 4.38. The topological polar surface area (TPSA) is 64.4 Å². The zero-order chi connectivity index (χ0) is 13.8. The summed E-state index contributed by atoms with van der Waals surface area (Å²) in [4.78, 5) is 11.6. The van der Waals surface area contributed by atoms with Crippen LogP contribution in [0.2, 0.25) is 10.0 Å². The smallest absolute Gasteiger partial charge is 0.239 e. The standard InChI is InChI=1S/C13H16Cl2N2O2/c14-9-4-8(5-10(15)6-9)12(13(16)18)17-7-11-2-1-3-19-11/h4-6,11-12,17H,1-3,7H2,(H2,16,18). The SMILES string of the molecule is NC(=O)C(NCC1CCCO1)c1cc(Cl)cc(Cl)c1. The van der Waals surface area contributed by atoms with Crippen molar-refractivity contribution in [2.24, 2.45) is 5.73 Å². The molecular weight excluding hydrogens is 287 g/mol. The Morgan fingerprint density at radius 2 is 2.11 bits per heavy atom. The van der Waals surface area contributed by atoms with Crippen molar-refractivity contribution < 1.29 is 9.53 Å². The van der Waals surface area contributed by atoms with E-state index in [1.165, 1.54) is 0 Å². The van der Waals surface area contributed by atoms with E-state index < -0.39 is 11.9 Å². The van der Waals surface area contributed by atoms with Crippen molar-refractivity contribution in [1.29, 1.82) is 0 Å². The number of nitrogens with two attached hydrogens (primary N) is 1. The number of hydrogen-bond donors (Lipinski definition) is 2. The normalized spacial score (nSPS) is 20.4. The highest BCUT2D eigenvalue weighted by Gasteiger charge is 2.22. The molecule has 2 rings (SSSR count). The molecule has 1 fully saturated rings. The van der Waals surface area contributed by atoms with Crippen molar-refractivity contribution in [1.82, 2.24) is 5.32 Å².